The number of furan rings is 1. The zero-order chi connectivity index (χ0) is 23.6. The molecule has 0 spiro atoms. The average Bonchev–Trinajstić information content (AvgIpc) is 3.36. The largest absolute Gasteiger partial charge is 0.469 e. The fourth-order valence-electron chi connectivity index (χ4n) is 4.64. The van der Waals surface area contributed by atoms with Crippen molar-refractivity contribution in [2.75, 3.05) is 13.7 Å². The molecule has 1 fully saturated rings. The van der Waals surface area contributed by atoms with Crippen molar-refractivity contribution in [3.63, 3.8) is 0 Å². The normalized spacial score (nSPS) is 23.5. The van der Waals surface area contributed by atoms with Gasteiger partial charge < -0.3 is 18.6 Å². The van der Waals surface area contributed by atoms with Crippen molar-refractivity contribution in [1.29, 1.82) is 0 Å². The highest BCUT2D eigenvalue weighted by molar-refractivity contribution is 5.91. The Balaban J connectivity index is 1.65. The number of methoxy groups -OCH3 is 1. The second-order valence-corrected chi connectivity index (χ2v) is 9.38. The minimum atomic E-state index is -0.180. The summed E-state index contributed by atoms with van der Waals surface area (Å²) >= 11 is 0. The minimum Gasteiger partial charge on any atom is -0.469 e. The van der Waals surface area contributed by atoms with Crippen molar-refractivity contribution in [3.05, 3.63) is 35.3 Å². The van der Waals surface area contributed by atoms with Crippen LogP contribution in [0.5, 0.6) is 0 Å². The molecule has 2 heterocycles. The maximum absolute atomic E-state index is 12.7. The Hall–Kier alpha value is -1.92. The Labute approximate surface area is 198 Å². The fourth-order valence-corrected chi connectivity index (χ4v) is 4.64. The van der Waals surface area contributed by atoms with E-state index in [0.29, 0.717) is 12.8 Å². The van der Waals surface area contributed by atoms with Crippen LogP contribution in [0.2, 0.25) is 0 Å². The van der Waals surface area contributed by atoms with E-state index in [4.69, 9.17) is 18.6 Å². The summed E-state index contributed by atoms with van der Waals surface area (Å²) in [6, 6.07) is 2.11. The molecule has 2 aliphatic rings. The van der Waals surface area contributed by atoms with Crippen molar-refractivity contribution in [2.45, 2.75) is 103 Å². The molecule has 1 aromatic heterocycles. The van der Waals surface area contributed by atoms with Crippen molar-refractivity contribution in [3.8, 4) is 0 Å². The first-order chi connectivity index (χ1) is 16.0. The number of unbranched alkanes of at least 4 members (excludes halogenated alkanes) is 2. The van der Waals surface area contributed by atoms with Crippen molar-refractivity contribution >= 4 is 11.8 Å². The molecule has 1 saturated heterocycles. The van der Waals surface area contributed by atoms with Gasteiger partial charge in [-0.25, -0.2) is 0 Å². The lowest BCUT2D eigenvalue weighted by Crippen LogP contribution is -2.30. The first-order valence-electron chi connectivity index (χ1n) is 12.7. The predicted molar refractivity (Wildman–Crippen MR) is 126 cm³/mol. The smallest absolute Gasteiger partial charge is 0.305 e. The highest BCUT2D eigenvalue weighted by Gasteiger charge is 2.37. The molecule has 1 unspecified atom stereocenters. The first kappa shape index (κ1) is 25.7. The fraction of sp³-hybridized carbons (Fsp3) is 0.704. The van der Waals surface area contributed by atoms with Crippen LogP contribution in [0, 0.1) is 5.92 Å². The average molecular weight is 461 g/mol. The number of aryl methyl sites for hydroxylation is 1. The van der Waals surface area contributed by atoms with Crippen LogP contribution in [0.25, 0.3) is 0 Å². The van der Waals surface area contributed by atoms with Gasteiger partial charge in [-0.3, -0.25) is 9.59 Å². The molecule has 0 radical (unpaired) electrons. The maximum atomic E-state index is 12.7. The Kier molecular flexibility index (Phi) is 10.2. The molecule has 1 aromatic rings. The monoisotopic (exact) mass is 460 g/mol. The molecule has 0 amide bonds. The Morgan fingerprint density at radius 2 is 2.09 bits per heavy atom. The zero-order valence-corrected chi connectivity index (χ0v) is 20.5. The Morgan fingerprint density at radius 1 is 1.24 bits per heavy atom. The number of allylic oxidation sites excluding steroid dienone is 1. The zero-order valence-electron chi connectivity index (χ0n) is 20.5. The van der Waals surface area contributed by atoms with Gasteiger partial charge in [0.15, 0.2) is 12.1 Å². The summed E-state index contributed by atoms with van der Waals surface area (Å²) in [6.45, 7) is 4.90. The number of ether oxygens (including phenoxy) is 3. The van der Waals surface area contributed by atoms with E-state index < -0.39 is 0 Å². The summed E-state index contributed by atoms with van der Waals surface area (Å²) in [5.74, 6) is 1.90. The quantitative estimate of drug-likeness (QED) is 0.215. The van der Waals surface area contributed by atoms with E-state index in [9.17, 15) is 9.59 Å². The van der Waals surface area contributed by atoms with Gasteiger partial charge in [-0.05, 0) is 50.7 Å². The molecule has 6 nitrogen and oxygen atoms in total. The summed E-state index contributed by atoms with van der Waals surface area (Å²) in [5.41, 5.74) is 1.11. The molecule has 3 rings (SSSR count). The van der Waals surface area contributed by atoms with E-state index in [1.807, 2.05) is 13.0 Å². The van der Waals surface area contributed by atoms with Crippen molar-refractivity contribution in [1.82, 2.24) is 0 Å². The highest BCUT2D eigenvalue weighted by Crippen LogP contribution is 2.40. The van der Waals surface area contributed by atoms with Crippen LogP contribution < -0.4 is 0 Å². The lowest BCUT2D eigenvalue weighted by Gasteiger charge is -2.28. The molecule has 1 aliphatic carbocycles. The van der Waals surface area contributed by atoms with Gasteiger partial charge in [0.25, 0.3) is 0 Å². The second-order valence-electron chi connectivity index (χ2n) is 9.38. The molecular weight excluding hydrogens is 420 g/mol. The number of carbonyl (C=O) groups is 2. The molecule has 184 valence electrons. The third-order valence-electron chi connectivity index (χ3n) is 6.73. The number of ketones is 1. The van der Waals surface area contributed by atoms with Gasteiger partial charge in [-0.2, -0.15) is 0 Å². The van der Waals surface area contributed by atoms with Crippen LogP contribution in [0.4, 0.5) is 0 Å². The van der Waals surface area contributed by atoms with Gasteiger partial charge >= 0.3 is 5.97 Å². The Bertz CT molecular complexity index is 789. The van der Waals surface area contributed by atoms with E-state index in [0.717, 1.165) is 81.5 Å². The van der Waals surface area contributed by atoms with Crippen LogP contribution in [0.15, 0.2) is 22.6 Å². The molecule has 0 aromatic carbocycles. The highest BCUT2D eigenvalue weighted by atomic mass is 16.7. The van der Waals surface area contributed by atoms with Crippen LogP contribution in [0.3, 0.4) is 0 Å². The maximum Gasteiger partial charge on any atom is 0.305 e. The van der Waals surface area contributed by atoms with E-state index in [2.05, 4.69) is 13.0 Å². The molecule has 4 atom stereocenters. The molecule has 0 bridgehead atoms. The number of fused-ring (bicyclic) bond motifs is 1. The molecule has 6 heteroatoms. The minimum absolute atomic E-state index is 0.0135. The molecule has 0 saturated carbocycles. The summed E-state index contributed by atoms with van der Waals surface area (Å²) in [6.07, 6.45) is 13.2. The second kappa shape index (κ2) is 13.1. The number of rotatable bonds is 13. The number of esters is 1. The van der Waals surface area contributed by atoms with E-state index in [1.54, 1.807) is 6.08 Å². The van der Waals surface area contributed by atoms with Crippen LogP contribution >= 0.6 is 0 Å². The van der Waals surface area contributed by atoms with Gasteiger partial charge in [-0.15, -0.1) is 0 Å². The molecule has 0 N–H and O–H groups in total. The summed E-state index contributed by atoms with van der Waals surface area (Å²) in [4.78, 5) is 24.0. The van der Waals surface area contributed by atoms with E-state index in [-0.39, 0.29) is 36.0 Å². The van der Waals surface area contributed by atoms with Crippen LogP contribution in [-0.4, -0.2) is 37.9 Å². The summed E-state index contributed by atoms with van der Waals surface area (Å²) in [7, 11) is 1.42. The molecular formula is C27H40O6. The molecule has 1 aliphatic heterocycles. The predicted octanol–water partition coefficient (Wildman–Crippen LogP) is 5.67. The Morgan fingerprint density at radius 3 is 2.82 bits per heavy atom. The van der Waals surface area contributed by atoms with Gasteiger partial charge in [0.05, 0.1) is 13.2 Å². The SMILES string of the molecule is CCCC[C@H](C)C(=O)C=C[C@@H]1c2cc(CCCCC(=O)OC)oc2C[C@H]1OC1CCCCO1. The van der Waals surface area contributed by atoms with Crippen molar-refractivity contribution < 1.29 is 28.2 Å². The number of hydrogen-bond acceptors (Lipinski definition) is 6. The number of carbonyl (C=O) groups excluding carboxylic acids is 2. The first-order valence-corrected chi connectivity index (χ1v) is 12.7. The standard InChI is InChI=1S/C27H40O6/c1-4-5-10-19(2)23(28)15-14-21-22-17-20(11-6-7-12-26(29)30-3)32-25(22)18-24(21)33-27-13-8-9-16-31-27/h14-15,17,19,21,24,27H,4-13,16,18H2,1-3H3/t19-,21+,24+,27?/m0/s1. The summed E-state index contributed by atoms with van der Waals surface area (Å²) < 4.78 is 23.0. The molecule has 33 heavy (non-hydrogen) atoms. The lowest BCUT2D eigenvalue weighted by molar-refractivity contribution is -0.188. The third-order valence-corrected chi connectivity index (χ3v) is 6.73. The lowest BCUT2D eigenvalue weighted by atomic mass is 9.95. The van der Waals surface area contributed by atoms with Gasteiger partial charge in [0.2, 0.25) is 0 Å². The topological polar surface area (TPSA) is 75.0 Å². The van der Waals surface area contributed by atoms with Gasteiger partial charge in [0, 0.05) is 43.3 Å². The third kappa shape index (κ3) is 7.54. The summed E-state index contributed by atoms with van der Waals surface area (Å²) in [5, 5.41) is 0. The van der Waals surface area contributed by atoms with Crippen LogP contribution in [-0.2, 0) is 36.6 Å². The van der Waals surface area contributed by atoms with Gasteiger partial charge in [-0.1, -0.05) is 32.8 Å². The van der Waals surface area contributed by atoms with E-state index >= 15 is 0 Å². The number of hydrogen-bond donors (Lipinski definition) is 0. The van der Waals surface area contributed by atoms with Gasteiger partial charge in [0.1, 0.15) is 11.5 Å². The van der Waals surface area contributed by atoms with Crippen LogP contribution in [0.1, 0.15) is 94.6 Å². The van der Waals surface area contributed by atoms with E-state index in [1.165, 1.54) is 7.11 Å². The van der Waals surface area contributed by atoms with Crippen molar-refractivity contribution in [2.24, 2.45) is 5.92 Å².